The Morgan fingerprint density at radius 3 is 3.00 bits per heavy atom. The van der Waals surface area contributed by atoms with Crippen LogP contribution in [-0.4, -0.2) is 32.5 Å². The third-order valence-corrected chi connectivity index (χ3v) is 3.17. The van der Waals surface area contributed by atoms with Crippen LogP contribution < -0.4 is 14.8 Å². The molecule has 1 aromatic rings. The molecule has 0 fully saturated rings. The maximum Gasteiger partial charge on any atom is 0.251 e. The number of carbonyl (C=O) groups is 1. The van der Waals surface area contributed by atoms with Crippen LogP contribution in [0.1, 0.15) is 30.6 Å². The van der Waals surface area contributed by atoms with Gasteiger partial charge in [0.15, 0.2) is 11.5 Å². The zero-order valence-electron chi connectivity index (χ0n) is 12.3. The van der Waals surface area contributed by atoms with Gasteiger partial charge >= 0.3 is 0 Å². The van der Waals surface area contributed by atoms with Gasteiger partial charge in [0.05, 0.1) is 5.02 Å². The molecule has 0 saturated carbocycles. The maximum atomic E-state index is 12.0. The highest BCUT2D eigenvalue weighted by Crippen LogP contribution is 2.39. The predicted octanol–water partition coefficient (Wildman–Crippen LogP) is 2.86. The van der Waals surface area contributed by atoms with Crippen LogP contribution in [0, 0.1) is 5.92 Å². The Morgan fingerprint density at radius 2 is 2.24 bits per heavy atom. The topological polar surface area (TPSA) is 56.8 Å². The fourth-order valence-corrected chi connectivity index (χ4v) is 2.16. The zero-order valence-corrected chi connectivity index (χ0v) is 13.0. The molecule has 1 aliphatic heterocycles. The summed E-state index contributed by atoms with van der Waals surface area (Å²) in [6.45, 7) is 6.28. The van der Waals surface area contributed by atoms with E-state index in [-0.39, 0.29) is 12.7 Å². The molecule has 0 bridgehead atoms. The Balaban J connectivity index is 1.78. The molecule has 0 atom stereocenters. The fourth-order valence-electron chi connectivity index (χ4n) is 1.90. The van der Waals surface area contributed by atoms with Crippen LogP contribution in [0.4, 0.5) is 0 Å². The van der Waals surface area contributed by atoms with E-state index in [1.807, 2.05) is 0 Å². The minimum Gasteiger partial charge on any atom is -0.454 e. The molecule has 5 nitrogen and oxygen atoms in total. The summed E-state index contributed by atoms with van der Waals surface area (Å²) in [4.78, 5) is 12.0. The second kappa shape index (κ2) is 7.52. The molecular formula is C15H20ClNO4. The molecule has 0 aliphatic carbocycles. The number of nitrogens with one attached hydrogen (secondary N) is 1. The third-order valence-electron chi connectivity index (χ3n) is 2.89. The summed E-state index contributed by atoms with van der Waals surface area (Å²) in [5, 5.41) is 3.22. The van der Waals surface area contributed by atoms with Crippen molar-refractivity contribution in [1.82, 2.24) is 5.32 Å². The van der Waals surface area contributed by atoms with Crippen molar-refractivity contribution in [3.63, 3.8) is 0 Å². The lowest BCUT2D eigenvalue weighted by atomic mass is 10.2. The highest BCUT2D eigenvalue weighted by molar-refractivity contribution is 6.32. The van der Waals surface area contributed by atoms with Gasteiger partial charge in [0, 0.05) is 25.3 Å². The standard InChI is InChI=1S/C15H20ClNO4/c1-10(2)8-19-5-3-4-17-15(18)11-6-12(16)14-13(7-11)20-9-21-14/h6-7,10H,3-5,8-9H2,1-2H3,(H,17,18). The van der Waals surface area contributed by atoms with Crippen LogP contribution >= 0.6 is 11.6 Å². The molecule has 21 heavy (non-hydrogen) atoms. The minimum absolute atomic E-state index is 0.132. The molecule has 1 N–H and O–H groups in total. The third kappa shape index (κ3) is 4.51. The van der Waals surface area contributed by atoms with Gasteiger partial charge in [-0.2, -0.15) is 0 Å². The number of ether oxygens (including phenoxy) is 3. The molecule has 6 heteroatoms. The van der Waals surface area contributed by atoms with Gasteiger partial charge < -0.3 is 19.5 Å². The summed E-state index contributed by atoms with van der Waals surface area (Å²) < 4.78 is 15.9. The monoisotopic (exact) mass is 313 g/mol. The average molecular weight is 314 g/mol. The largest absolute Gasteiger partial charge is 0.454 e. The van der Waals surface area contributed by atoms with E-state index in [0.29, 0.717) is 41.2 Å². The first kappa shape index (κ1) is 15.9. The van der Waals surface area contributed by atoms with E-state index >= 15 is 0 Å². The SMILES string of the molecule is CC(C)COCCCNC(=O)c1cc(Cl)c2c(c1)OCO2. The number of halogens is 1. The summed E-state index contributed by atoms with van der Waals surface area (Å²) in [5.74, 6) is 1.35. The van der Waals surface area contributed by atoms with Crippen molar-refractivity contribution >= 4 is 17.5 Å². The fraction of sp³-hybridized carbons (Fsp3) is 0.533. The smallest absolute Gasteiger partial charge is 0.251 e. The Labute approximate surface area is 129 Å². The molecule has 1 aliphatic rings. The molecule has 0 saturated heterocycles. The number of hydrogen-bond acceptors (Lipinski definition) is 4. The Bertz CT molecular complexity index is 505. The van der Waals surface area contributed by atoms with Gasteiger partial charge in [0.2, 0.25) is 6.79 Å². The van der Waals surface area contributed by atoms with Crippen LogP contribution in [0.15, 0.2) is 12.1 Å². The number of fused-ring (bicyclic) bond motifs is 1. The Hall–Kier alpha value is -1.46. The number of amides is 1. The number of carbonyl (C=O) groups excluding carboxylic acids is 1. The molecule has 0 radical (unpaired) electrons. The van der Waals surface area contributed by atoms with Crippen LogP contribution in [0.3, 0.4) is 0 Å². The van der Waals surface area contributed by atoms with E-state index in [4.69, 9.17) is 25.8 Å². The lowest BCUT2D eigenvalue weighted by Crippen LogP contribution is -2.25. The van der Waals surface area contributed by atoms with Gasteiger partial charge in [-0.15, -0.1) is 0 Å². The highest BCUT2D eigenvalue weighted by Gasteiger charge is 2.20. The summed E-state index contributed by atoms with van der Waals surface area (Å²) in [5.41, 5.74) is 0.465. The number of benzene rings is 1. The molecule has 116 valence electrons. The van der Waals surface area contributed by atoms with Crippen molar-refractivity contribution < 1.29 is 19.0 Å². The first-order valence-corrected chi connectivity index (χ1v) is 7.41. The van der Waals surface area contributed by atoms with Crippen molar-refractivity contribution in [3.05, 3.63) is 22.7 Å². The second-order valence-electron chi connectivity index (χ2n) is 5.27. The van der Waals surface area contributed by atoms with E-state index in [1.165, 1.54) is 0 Å². The zero-order chi connectivity index (χ0) is 15.2. The number of hydrogen-bond donors (Lipinski definition) is 1. The summed E-state index contributed by atoms with van der Waals surface area (Å²) in [7, 11) is 0. The molecule has 0 aromatic heterocycles. The normalized spacial score (nSPS) is 12.8. The number of rotatable bonds is 7. The van der Waals surface area contributed by atoms with Crippen LogP contribution in [0.5, 0.6) is 11.5 Å². The van der Waals surface area contributed by atoms with Gasteiger partial charge in [-0.3, -0.25) is 4.79 Å². The highest BCUT2D eigenvalue weighted by atomic mass is 35.5. The lowest BCUT2D eigenvalue weighted by Gasteiger charge is -2.08. The second-order valence-corrected chi connectivity index (χ2v) is 5.68. The summed E-state index contributed by atoms with van der Waals surface area (Å²) >= 11 is 6.05. The van der Waals surface area contributed by atoms with E-state index < -0.39 is 0 Å². The molecule has 2 rings (SSSR count). The average Bonchev–Trinajstić information content (AvgIpc) is 2.91. The van der Waals surface area contributed by atoms with E-state index in [1.54, 1.807) is 12.1 Å². The van der Waals surface area contributed by atoms with Gasteiger partial charge in [0.25, 0.3) is 5.91 Å². The van der Waals surface area contributed by atoms with Crippen molar-refractivity contribution in [3.8, 4) is 11.5 Å². The van der Waals surface area contributed by atoms with Gasteiger partial charge in [-0.1, -0.05) is 25.4 Å². The van der Waals surface area contributed by atoms with Crippen molar-refractivity contribution in [2.24, 2.45) is 5.92 Å². The lowest BCUT2D eigenvalue weighted by molar-refractivity contribution is 0.0924. The molecule has 1 amide bonds. The van der Waals surface area contributed by atoms with Gasteiger partial charge in [0.1, 0.15) is 0 Å². The molecule has 0 spiro atoms. The van der Waals surface area contributed by atoms with E-state index in [2.05, 4.69) is 19.2 Å². The van der Waals surface area contributed by atoms with Gasteiger partial charge in [-0.25, -0.2) is 0 Å². The summed E-state index contributed by atoms with van der Waals surface area (Å²) in [6, 6.07) is 3.22. The Morgan fingerprint density at radius 1 is 1.43 bits per heavy atom. The van der Waals surface area contributed by atoms with E-state index in [0.717, 1.165) is 13.0 Å². The molecule has 1 aromatic carbocycles. The molecule has 0 unspecified atom stereocenters. The quantitative estimate of drug-likeness (QED) is 0.786. The summed E-state index contributed by atoms with van der Waals surface area (Å²) in [6.07, 6.45) is 0.775. The van der Waals surface area contributed by atoms with Crippen molar-refractivity contribution in [1.29, 1.82) is 0 Å². The van der Waals surface area contributed by atoms with Gasteiger partial charge in [-0.05, 0) is 24.5 Å². The predicted molar refractivity (Wildman–Crippen MR) is 80.2 cm³/mol. The molecule has 1 heterocycles. The Kier molecular flexibility index (Phi) is 5.70. The van der Waals surface area contributed by atoms with Crippen LogP contribution in [0.2, 0.25) is 5.02 Å². The first-order chi connectivity index (χ1) is 10.1. The first-order valence-electron chi connectivity index (χ1n) is 7.03. The van der Waals surface area contributed by atoms with Crippen molar-refractivity contribution in [2.45, 2.75) is 20.3 Å². The maximum absolute atomic E-state index is 12.0. The van der Waals surface area contributed by atoms with Crippen LogP contribution in [0.25, 0.3) is 0 Å². The minimum atomic E-state index is -0.181. The van der Waals surface area contributed by atoms with E-state index in [9.17, 15) is 4.79 Å². The van der Waals surface area contributed by atoms with Crippen LogP contribution in [-0.2, 0) is 4.74 Å². The molecular weight excluding hydrogens is 294 g/mol. The van der Waals surface area contributed by atoms with Crippen molar-refractivity contribution in [2.75, 3.05) is 26.6 Å².